The van der Waals surface area contributed by atoms with Crippen molar-refractivity contribution in [1.29, 1.82) is 0 Å². The smallest absolute Gasteiger partial charge is 0.320 e. The van der Waals surface area contributed by atoms with E-state index in [9.17, 15) is 9.59 Å². The number of aliphatic carboxylic acids is 2. The normalized spacial score (nSPS) is 14.0. The molecule has 0 rings (SSSR count). The van der Waals surface area contributed by atoms with E-state index < -0.39 is 23.9 Å². The van der Waals surface area contributed by atoms with Crippen molar-refractivity contribution in [3.63, 3.8) is 0 Å². The molecule has 0 saturated carbocycles. The van der Waals surface area contributed by atoms with Crippen molar-refractivity contribution in [3.05, 3.63) is 0 Å². The molecule has 78 valence electrons. The monoisotopic (exact) mass is 211 g/mol. The number of carbonyl (C=O) groups is 2. The van der Waals surface area contributed by atoms with E-state index in [1.54, 1.807) is 6.92 Å². The lowest BCUT2D eigenvalue weighted by Crippen LogP contribution is -2.34. The zero-order valence-electron chi connectivity index (χ0n) is 7.27. The zero-order valence-corrected chi connectivity index (χ0v) is 8.08. The largest absolute Gasteiger partial charge is 0.481 e. The van der Waals surface area contributed by atoms with Crippen molar-refractivity contribution in [2.75, 3.05) is 0 Å². The Morgan fingerprint density at radius 3 is 2.00 bits per heavy atom. The van der Waals surface area contributed by atoms with E-state index in [1.807, 2.05) is 0 Å². The summed E-state index contributed by atoms with van der Waals surface area (Å²) in [5.41, 5.74) is 5.17. The molecule has 0 aliphatic rings. The highest BCUT2D eigenvalue weighted by atomic mass is 35.5. The lowest BCUT2D eigenvalue weighted by Gasteiger charge is -2.11. The molecule has 0 heterocycles. The molecule has 0 aromatic rings. The molecule has 0 bridgehead atoms. The van der Waals surface area contributed by atoms with Crippen LogP contribution in [0.2, 0.25) is 0 Å². The second-order valence-electron chi connectivity index (χ2n) is 2.62. The number of rotatable bonds is 5. The predicted molar refractivity (Wildman–Crippen MR) is 48.9 cm³/mol. The molecule has 5 nitrogen and oxygen atoms in total. The van der Waals surface area contributed by atoms with Crippen LogP contribution >= 0.6 is 12.4 Å². The summed E-state index contributed by atoms with van der Waals surface area (Å²) in [5, 5.41) is 16.9. The molecule has 0 amide bonds. The van der Waals surface area contributed by atoms with Gasteiger partial charge in [0.2, 0.25) is 0 Å². The molecule has 4 N–H and O–H groups in total. The third-order valence-corrected chi connectivity index (χ3v) is 1.70. The Labute approximate surface area is 82.3 Å². The third-order valence-electron chi connectivity index (χ3n) is 1.70. The van der Waals surface area contributed by atoms with Crippen LogP contribution in [-0.4, -0.2) is 28.2 Å². The number of carboxylic acid groups (broad SMARTS) is 2. The van der Waals surface area contributed by atoms with Crippen molar-refractivity contribution < 1.29 is 19.8 Å². The average molecular weight is 212 g/mol. The van der Waals surface area contributed by atoms with E-state index in [-0.39, 0.29) is 18.8 Å². The Morgan fingerprint density at radius 2 is 1.77 bits per heavy atom. The zero-order chi connectivity index (χ0) is 9.72. The summed E-state index contributed by atoms with van der Waals surface area (Å²) in [7, 11) is 0. The van der Waals surface area contributed by atoms with Gasteiger partial charge in [-0.25, -0.2) is 0 Å². The van der Waals surface area contributed by atoms with Gasteiger partial charge in [-0.05, 0) is 12.8 Å². The summed E-state index contributed by atoms with van der Waals surface area (Å²) >= 11 is 0. The first-order valence-corrected chi connectivity index (χ1v) is 3.70. The Bertz CT molecular complexity index is 185. The van der Waals surface area contributed by atoms with E-state index in [0.29, 0.717) is 6.42 Å². The minimum absolute atomic E-state index is 0. The van der Waals surface area contributed by atoms with Crippen molar-refractivity contribution in [2.45, 2.75) is 25.8 Å². The summed E-state index contributed by atoms with van der Waals surface area (Å²) in [6, 6.07) is -1.08. The molecule has 0 unspecified atom stereocenters. The van der Waals surface area contributed by atoms with Crippen LogP contribution in [0.3, 0.4) is 0 Å². The molecule has 0 radical (unpaired) electrons. The SMILES string of the molecule is CC[C@@H](C[C@H](N)C(=O)O)C(=O)O.Cl. The molecule has 0 fully saturated rings. The van der Waals surface area contributed by atoms with E-state index in [2.05, 4.69) is 0 Å². The summed E-state index contributed by atoms with van der Waals surface area (Å²) in [4.78, 5) is 20.7. The van der Waals surface area contributed by atoms with Gasteiger partial charge in [0.05, 0.1) is 5.92 Å². The quantitative estimate of drug-likeness (QED) is 0.608. The van der Waals surface area contributed by atoms with Crippen molar-refractivity contribution >= 4 is 24.3 Å². The fourth-order valence-electron chi connectivity index (χ4n) is 0.849. The van der Waals surface area contributed by atoms with E-state index >= 15 is 0 Å². The number of carboxylic acids is 2. The first-order valence-electron chi connectivity index (χ1n) is 3.70. The second kappa shape index (κ2) is 6.68. The van der Waals surface area contributed by atoms with Gasteiger partial charge in [0.25, 0.3) is 0 Å². The van der Waals surface area contributed by atoms with E-state index in [4.69, 9.17) is 15.9 Å². The molecule has 6 heteroatoms. The number of hydrogen-bond donors (Lipinski definition) is 3. The first kappa shape index (κ1) is 14.7. The highest BCUT2D eigenvalue weighted by molar-refractivity contribution is 5.85. The number of hydrogen-bond acceptors (Lipinski definition) is 3. The van der Waals surface area contributed by atoms with Crippen LogP contribution in [0.15, 0.2) is 0 Å². The molecule has 13 heavy (non-hydrogen) atoms. The van der Waals surface area contributed by atoms with E-state index in [0.717, 1.165) is 0 Å². The molecule has 0 aromatic heterocycles. The Balaban J connectivity index is 0. The highest BCUT2D eigenvalue weighted by Gasteiger charge is 2.22. The minimum Gasteiger partial charge on any atom is -0.481 e. The Kier molecular flexibility index (Phi) is 7.55. The van der Waals surface area contributed by atoms with Gasteiger partial charge in [-0.3, -0.25) is 9.59 Å². The lowest BCUT2D eigenvalue weighted by atomic mass is 9.98. The van der Waals surface area contributed by atoms with Gasteiger partial charge in [-0.2, -0.15) is 0 Å². The van der Waals surface area contributed by atoms with Gasteiger partial charge >= 0.3 is 11.9 Å². The molecule has 0 aliphatic carbocycles. The van der Waals surface area contributed by atoms with Gasteiger partial charge in [0.15, 0.2) is 0 Å². The van der Waals surface area contributed by atoms with Crippen LogP contribution in [0, 0.1) is 5.92 Å². The maximum atomic E-state index is 10.4. The fraction of sp³-hybridized carbons (Fsp3) is 0.714. The molecular weight excluding hydrogens is 198 g/mol. The molecule has 0 aliphatic heterocycles. The minimum atomic E-state index is -1.16. The van der Waals surface area contributed by atoms with Crippen LogP contribution in [-0.2, 0) is 9.59 Å². The number of halogens is 1. The lowest BCUT2D eigenvalue weighted by molar-refractivity contribution is -0.143. The third kappa shape index (κ3) is 5.43. The van der Waals surface area contributed by atoms with Crippen molar-refractivity contribution in [3.8, 4) is 0 Å². The van der Waals surface area contributed by atoms with Gasteiger partial charge < -0.3 is 15.9 Å². The van der Waals surface area contributed by atoms with Gasteiger partial charge in [-0.1, -0.05) is 6.92 Å². The maximum absolute atomic E-state index is 10.4. The standard InChI is InChI=1S/C7H13NO4.ClH/c1-2-4(6(9)10)3-5(8)7(11)12;/h4-5H,2-3,8H2,1H3,(H,9,10)(H,11,12);1H/t4-,5-;/m0./s1. The summed E-state index contributed by atoms with van der Waals surface area (Å²) < 4.78 is 0. The molecule has 0 saturated heterocycles. The summed E-state index contributed by atoms with van der Waals surface area (Å²) in [6.07, 6.45) is 0.386. The van der Waals surface area contributed by atoms with E-state index in [1.165, 1.54) is 0 Å². The Morgan fingerprint density at radius 1 is 1.31 bits per heavy atom. The van der Waals surface area contributed by atoms with Crippen LogP contribution in [0.4, 0.5) is 0 Å². The van der Waals surface area contributed by atoms with Gasteiger partial charge in [0, 0.05) is 0 Å². The van der Waals surface area contributed by atoms with Gasteiger partial charge in [0.1, 0.15) is 6.04 Å². The van der Waals surface area contributed by atoms with Crippen LogP contribution < -0.4 is 5.73 Å². The maximum Gasteiger partial charge on any atom is 0.320 e. The topological polar surface area (TPSA) is 101 Å². The Hall–Kier alpha value is -0.810. The molecule has 0 aromatic carbocycles. The van der Waals surface area contributed by atoms with Crippen LogP contribution in [0.1, 0.15) is 19.8 Å². The molecule has 0 spiro atoms. The second-order valence-corrected chi connectivity index (χ2v) is 2.62. The first-order chi connectivity index (χ1) is 5.49. The van der Waals surface area contributed by atoms with Crippen LogP contribution in [0.5, 0.6) is 0 Å². The average Bonchev–Trinajstić information content (AvgIpc) is 1.98. The van der Waals surface area contributed by atoms with Crippen LogP contribution in [0.25, 0.3) is 0 Å². The summed E-state index contributed by atoms with van der Waals surface area (Å²) in [6.45, 7) is 1.69. The predicted octanol–water partition coefficient (Wildman–Crippen LogP) is 0.321. The summed E-state index contributed by atoms with van der Waals surface area (Å²) in [5.74, 6) is -2.81. The fourth-order valence-corrected chi connectivity index (χ4v) is 0.849. The number of nitrogens with two attached hydrogens (primary N) is 1. The molecular formula is C7H14ClNO4. The highest BCUT2D eigenvalue weighted by Crippen LogP contribution is 2.10. The van der Waals surface area contributed by atoms with Crippen molar-refractivity contribution in [2.24, 2.45) is 11.7 Å². The van der Waals surface area contributed by atoms with Gasteiger partial charge in [-0.15, -0.1) is 12.4 Å². The molecule has 2 atom stereocenters. The van der Waals surface area contributed by atoms with Crippen molar-refractivity contribution in [1.82, 2.24) is 0 Å².